The summed E-state index contributed by atoms with van der Waals surface area (Å²) in [6.07, 6.45) is 1.44. The van der Waals surface area contributed by atoms with Crippen LogP contribution in [-0.4, -0.2) is 53.6 Å². The molecule has 12 heteroatoms. The molecule has 0 atom stereocenters. The van der Waals surface area contributed by atoms with Gasteiger partial charge in [0.05, 0.1) is 10.6 Å². The van der Waals surface area contributed by atoms with Crippen molar-refractivity contribution in [1.29, 1.82) is 0 Å². The fourth-order valence-corrected chi connectivity index (χ4v) is 6.62. The number of aryl methyl sites for hydroxylation is 2. The Kier molecular flexibility index (Phi) is 10.2. The largest absolute Gasteiger partial charge is 0.325 e. The fourth-order valence-electron chi connectivity index (χ4n) is 3.45. The van der Waals surface area contributed by atoms with Crippen LogP contribution in [0.5, 0.6) is 0 Å². The van der Waals surface area contributed by atoms with Gasteiger partial charge in [-0.3, -0.25) is 14.9 Å². The Bertz CT molecular complexity index is 1330. The van der Waals surface area contributed by atoms with Gasteiger partial charge in [0.15, 0.2) is 4.34 Å². The van der Waals surface area contributed by atoms with Gasteiger partial charge in [0.2, 0.25) is 21.1 Å². The number of carbonyl (C=O) groups is 2. The van der Waals surface area contributed by atoms with Crippen LogP contribution in [0.15, 0.2) is 51.7 Å². The van der Waals surface area contributed by atoms with Crippen LogP contribution in [0.2, 0.25) is 0 Å². The van der Waals surface area contributed by atoms with E-state index >= 15 is 0 Å². The normalized spacial score (nSPS) is 11.5. The summed E-state index contributed by atoms with van der Waals surface area (Å²) in [7, 11) is -3.62. The third kappa shape index (κ3) is 7.84. The van der Waals surface area contributed by atoms with Crippen molar-refractivity contribution in [2.24, 2.45) is 0 Å². The molecule has 2 aromatic carbocycles. The average Bonchev–Trinajstić information content (AvgIpc) is 3.32. The van der Waals surface area contributed by atoms with E-state index in [2.05, 4.69) is 20.8 Å². The Hall–Kier alpha value is -2.80. The van der Waals surface area contributed by atoms with E-state index in [0.717, 1.165) is 41.0 Å². The first-order chi connectivity index (χ1) is 17.6. The summed E-state index contributed by atoms with van der Waals surface area (Å²) in [5.41, 5.74) is 3.12. The Labute approximate surface area is 226 Å². The van der Waals surface area contributed by atoms with Crippen LogP contribution < -0.4 is 10.6 Å². The molecule has 0 aliphatic carbocycles. The summed E-state index contributed by atoms with van der Waals surface area (Å²) in [5, 5.41) is 13.9. The minimum Gasteiger partial charge on any atom is -0.325 e. The van der Waals surface area contributed by atoms with Gasteiger partial charge in [-0.25, -0.2) is 8.42 Å². The molecule has 9 nitrogen and oxygen atoms in total. The number of anilines is 2. The van der Waals surface area contributed by atoms with Crippen molar-refractivity contribution in [3.63, 3.8) is 0 Å². The van der Waals surface area contributed by atoms with E-state index in [9.17, 15) is 18.0 Å². The van der Waals surface area contributed by atoms with Crippen LogP contribution in [0.3, 0.4) is 0 Å². The zero-order valence-electron chi connectivity index (χ0n) is 21.3. The van der Waals surface area contributed by atoms with Gasteiger partial charge in [-0.15, -0.1) is 10.2 Å². The molecule has 3 rings (SSSR count). The summed E-state index contributed by atoms with van der Waals surface area (Å²) in [6, 6.07) is 11.7. The summed E-state index contributed by atoms with van der Waals surface area (Å²) in [5.74, 6) is -0.437. The number of nitrogens with one attached hydrogen (secondary N) is 2. The quantitative estimate of drug-likeness (QED) is 0.237. The second kappa shape index (κ2) is 13.1. The van der Waals surface area contributed by atoms with Crippen molar-refractivity contribution in [1.82, 2.24) is 14.5 Å². The van der Waals surface area contributed by atoms with Crippen molar-refractivity contribution in [3.05, 3.63) is 59.2 Å². The van der Waals surface area contributed by atoms with Gasteiger partial charge in [-0.1, -0.05) is 49.1 Å². The first-order valence-corrected chi connectivity index (χ1v) is 15.1. The monoisotopic (exact) mass is 561 g/mol. The molecule has 37 heavy (non-hydrogen) atoms. The Morgan fingerprint density at radius 2 is 1.65 bits per heavy atom. The topological polar surface area (TPSA) is 121 Å². The van der Waals surface area contributed by atoms with Crippen LogP contribution in [0.1, 0.15) is 48.2 Å². The van der Waals surface area contributed by atoms with Gasteiger partial charge >= 0.3 is 0 Å². The summed E-state index contributed by atoms with van der Waals surface area (Å²) in [4.78, 5) is 25.1. The number of sulfonamides is 1. The number of thioether (sulfide) groups is 1. The first kappa shape index (κ1) is 28.8. The molecule has 198 valence electrons. The van der Waals surface area contributed by atoms with E-state index in [4.69, 9.17) is 0 Å². The van der Waals surface area contributed by atoms with Crippen molar-refractivity contribution in [2.45, 2.75) is 49.8 Å². The molecule has 0 radical (unpaired) electrons. The zero-order valence-corrected chi connectivity index (χ0v) is 23.7. The van der Waals surface area contributed by atoms with Gasteiger partial charge in [-0.2, -0.15) is 4.31 Å². The second-order valence-electron chi connectivity index (χ2n) is 8.41. The number of rotatable bonds is 12. The van der Waals surface area contributed by atoms with Gasteiger partial charge in [0, 0.05) is 24.3 Å². The lowest BCUT2D eigenvalue weighted by atomic mass is 10.1. The lowest BCUT2D eigenvalue weighted by Gasteiger charge is -2.21. The number of hydrogen-bond donors (Lipinski definition) is 2. The molecule has 2 N–H and O–H groups in total. The highest BCUT2D eigenvalue weighted by atomic mass is 32.2. The molecule has 0 fully saturated rings. The number of amides is 2. The number of nitrogens with zero attached hydrogens (tertiary/aromatic N) is 3. The highest BCUT2D eigenvalue weighted by molar-refractivity contribution is 8.01. The molecule has 1 aromatic heterocycles. The Morgan fingerprint density at radius 1 is 0.973 bits per heavy atom. The molecule has 0 unspecified atom stereocenters. The smallest absolute Gasteiger partial charge is 0.257 e. The Morgan fingerprint density at radius 3 is 2.30 bits per heavy atom. The first-order valence-electron chi connectivity index (χ1n) is 11.9. The summed E-state index contributed by atoms with van der Waals surface area (Å²) < 4.78 is 27.8. The maximum Gasteiger partial charge on any atom is 0.257 e. The third-order valence-corrected chi connectivity index (χ3v) is 9.21. The standard InChI is InChI=1S/C25H31N5O4S3/c1-5-13-30(14-6-2)37(33,34)20-11-9-19(10-12-20)23(32)27-24-28-29-25(36-24)35-16-22(31)26-21-15-17(3)7-8-18(21)4/h7-12,15H,5-6,13-14,16H2,1-4H3,(H,26,31)(H,27,28,32). The van der Waals surface area contributed by atoms with E-state index in [-0.39, 0.29) is 21.7 Å². The highest BCUT2D eigenvalue weighted by Gasteiger charge is 2.23. The predicted molar refractivity (Wildman–Crippen MR) is 149 cm³/mol. The number of carbonyl (C=O) groups excluding carboxylic acids is 2. The van der Waals surface area contributed by atoms with E-state index in [1.807, 2.05) is 45.9 Å². The van der Waals surface area contributed by atoms with E-state index in [0.29, 0.717) is 23.0 Å². The lowest BCUT2D eigenvalue weighted by Crippen LogP contribution is -2.32. The highest BCUT2D eigenvalue weighted by Crippen LogP contribution is 2.26. The molecular formula is C25H31N5O4S3. The van der Waals surface area contributed by atoms with Crippen LogP contribution in [0.4, 0.5) is 10.8 Å². The molecule has 1 heterocycles. The summed E-state index contributed by atoms with van der Waals surface area (Å²) >= 11 is 2.39. The van der Waals surface area contributed by atoms with Crippen molar-refractivity contribution >= 4 is 55.8 Å². The Balaban J connectivity index is 1.56. The average molecular weight is 562 g/mol. The van der Waals surface area contributed by atoms with Crippen molar-refractivity contribution in [2.75, 3.05) is 29.5 Å². The van der Waals surface area contributed by atoms with E-state index in [1.165, 1.54) is 40.3 Å². The van der Waals surface area contributed by atoms with Crippen LogP contribution in [-0.2, 0) is 14.8 Å². The van der Waals surface area contributed by atoms with Crippen LogP contribution >= 0.6 is 23.1 Å². The molecule has 0 aliphatic rings. The molecule has 0 aliphatic heterocycles. The fraction of sp³-hybridized carbons (Fsp3) is 0.360. The zero-order chi connectivity index (χ0) is 27.0. The molecule has 0 saturated carbocycles. The number of hydrogen-bond acceptors (Lipinski definition) is 8. The molecule has 0 bridgehead atoms. The molecule has 0 saturated heterocycles. The second-order valence-corrected chi connectivity index (χ2v) is 12.5. The number of aromatic nitrogens is 2. The van der Waals surface area contributed by atoms with E-state index < -0.39 is 15.9 Å². The minimum absolute atomic E-state index is 0.152. The predicted octanol–water partition coefficient (Wildman–Crippen LogP) is 4.95. The van der Waals surface area contributed by atoms with Gasteiger partial charge in [-0.05, 0) is 68.1 Å². The number of benzene rings is 2. The van der Waals surface area contributed by atoms with Crippen LogP contribution in [0, 0.1) is 13.8 Å². The lowest BCUT2D eigenvalue weighted by molar-refractivity contribution is -0.113. The van der Waals surface area contributed by atoms with Gasteiger partial charge < -0.3 is 5.32 Å². The van der Waals surface area contributed by atoms with Crippen molar-refractivity contribution in [3.8, 4) is 0 Å². The molecular weight excluding hydrogens is 531 g/mol. The maximum absolute atomic E-state index is 12.9. The molecule has 2 amide bonds. The molecule has 0 spiro atoms. The summed E-state index contributed by atoms with van der Waals surface area (Å²) in [6.45, 7) is 8.66. The maximum atomic E-state index is 12.9. The minimum atomic E-state index is -3.62. The van der Waals surface area contributed by atoms with Gasteiger partial charge in [0.1, 0.15) is 0 Å². The van der Waals surface area contributed by atoms with Gasteiger partial charge in [0.25, 0.3) is 5.91 Å². The van der Waals surface area contributed by atoms with E-state index in [1.54, 1.807) is 0 Å². The SMILES string of the molecule is CCCN(CCC)S(=O)(=O)c1ccc(C(=O)Nc2nnc(SCC(=O)Nc3cc(C)ccc3C)s2)cc1. The molecule has 3 aromatic rings. The third-order valence-electron chi connectivity index (χ3n) is 5.32. The van der Waals surface area contributed by atoms with Crippen molar-refractivity contribution < 1.29 is 18.0 Å². The van der Waals surface area contributed by atoms with Crippen LogP contribution in [0.25, 0.3) is 0 Å².